The van der Waals surface area contributed by atoms with Gasteiger partial charge in [0.2, 0.25) is 27.7 Å². The molecule has 13 nitrogen and oxygen atoms in total. The Morgan fingerprint density at radius 2 is 1.86 bits per heavy atom. The summed E-state index contributed by atoms with van der Waals surface area (Å²) >= 11 is 0. The van der Waals surface area contributed by atoms with Crippen molar-refractivity contribution in [3.8, 4) is 11.6 Å². The number of amides is 2. The Hall–Kier alpha value is -4.59. The first-order chi connectivity index (χ1) is 26.5. The highest BCUT2D eigenvalue weighted by Crippen LogP contribution is 2.57. The van der Waals surface area contributed by atoms with E-state index in [1.165, 1.54) is 4.90 Å². The molecule has 6 rings (SSSR count). The zero-order chi connectivity index (χ0) is 40.4. The molecule has 2 aromatic rings. The highest BCUT2D eigenvalue weighted by atomic mass is 32.2. The minimum atomic E-state index is -3.88. The van der Waals surface area contributed by atoms with Gasteiger partial charge in [-0.1, -0.05) is 18.6 Å². The third-order valence-corrected chi connectivity index (χ3v) is 13.1. The fourth-order valence-corrected chi connectivity index (χ4v) is 9.04. The van der Waals surface area contributed by atoms with Crippen molar-refractivity contribution in [3.05, 3.63) is 55.3 Å². The number of fused-ring (bicyclic) bond motifs is 1. The summed E-state index contributed by atoms with van der Waals surface area (Å²) in [5, 5.41) is 0.864. The number of nitrogens with one attached hydrogen (secondary N) is 1. The number of sulfonamides is 1. The van der Waals surface area contributed by atoms with Gasteiger partial charge in [-0.05, 0) is 107 Å². The molecule has 1 aromatic heterocycles. The Bertz CT molecular complexity index is 2020. The molecule has 4 aliphatic rings. The summed E-state index contributed by atoms with van der Waals surface area (Å²) in [5.41, 5.74) is -2.15. The molecule has 14 heteroatoms. The standard InChI is InChI=1S/C42H53N3O10S/c1-6-29-23-42(29,40(50)44-56(51,52)33-15-16-33)24-36(47)35-22-32(54-38-34-17-14-31(53-5)20-27(34)18-19-43-38)25-45(35)39(49)28(21-37(48)55-41(2,3)4)11-13-30(46)12-10-26-8-7-9-26/h6,10,12,14,17-20,26,28-29,32-33,35H,1,7-9,11,13,15-16,21-25H2,2-5H3,(H,44,50)/b12-10+/t28-,29-,32-,35+,42-/m1/s1. The highest BCUT2D eigenvalue weighted by Gasteiger charge is 2.61. The van der Waals surface area contributed by atoms with Crippen molar-refractivity contribution in [1.82, 2.24) is 14.6 Å². The molecule has 1 N–H and O–H groups in total. The fraction of sp³-hybridized carbons (Fsp3) is 0.571. The van der Waals surface area contributed by atoms with Crippen LogP contribution in [-0.4, -0.2) is 84.3 Å². The van der Waals surface area contributed by atoms with Gasteiger partial charge >= 0.3 is 5.97 Å². The smallest absolute Gasteiger partial charge is 0.307 e. The number of methoxy groups -OCH3 is 1. The van der Waals surface area contributed by atoms with E-state index in [1.54, 1.807) is 52.3 Å². The topological polar surface area (TPSA) is 175 Å². The second-order valence-electron chi connectivity index (χ2n) is 16.7. The number of aromatic nitrogens is 1. The van der Waals surface area contributed by atoms with Crippen LogP contribution in [0.5, 0.6) is 11.6 Å². The number of nitrogens with zero attached hydrogens (tertiary/aromatic N) is 2. The first kappa shape index (κ1) is 41.1. The lowest BCUT2D eigenvalue weighted by Crippen LogP contribution is -2.46. The number of likely N-dealkylation sites (tertiary alicyclic amines) is 1. The molecule has 3 aliphatic carbocycles. The van der Waals surface area contributed by atoms with Crippen LogP contribution in [0.2, 0.25) is 0 Å². The van der Waals surface area contributed by atoms with E-state index < -0.39 is 73.8 Å². The summed E-state index contributed by atoms with van der Waals surface area (Å²) in [5.74, 6) is -2.61. The van der Waals surface area contributed by atoms with Crippen molar-refractivity contribution >= 4 is 50.1 Å². The molecule has 2 amide bonds. The number of ether oxygens (including phenoxy) is 3. The molecule has 0 radical (unpaired) electrons. The first-order valence-corrected chi connectivity index (χ1v) is 21.1. The monoisotopic (exact) mass is 791 g/mol. The predicted octanol–water partition coefficient (Wildman–Crippen LogP) is 5.41. The van der Waals surface area contributed by atoms with Crippen LogP contribution in [0.15, 0.2) is 55.3 Å². The Kier molecular flexibility index (Phi) is 12.1. The van der Waals surface area contributed by atoms with Gasteiger partial charge in [-0.2, -0.15) is 0 Å². The average Bonchev–Trinajstić information content (AvgIpc) is 4.05. The van der Waals surface area contributed by atoms with Gasteiger partial charge in [0.25, 0.3) is 0 Å². The largest absolute Gasteiger partial charge is 0.497 e. The van der Waals surface area contributed by atoms with Crippen LogP contribution in [0.25, 0.3) is 10.8 Å². The SMILES string of the molecule is C=C[C@@H]1C[C@]1(CC(=O)[C@@H]1C[C@@H](Oc2nccc3cc(OC)ccc23)CN1C(=O)[C@H](CCC(=O)/C=C/C1CCC1)CC(=O)OC(C)(C)C)C(=O)NS(=O)(=O)C1CC1. The predicted molar refractivity (Wildman–Crippen MR) is 208 cm³/mol. The van der Waals surface area contributed by atoms with Gasteiger partial charge in [0.15, 0.2) is 11.6 Å². The molecule has 2 heterocycles. The van der Waals surface area contributed by atoms with Crippen molar-refractivity contribution in [2.24, 2.45) is 23.2 Å². The molecular weight excluding hydrogens is 739 g/mol. The molecule has 5 atom stereocenters. The quantitative estimate of drug-likeness (QED) is 0.116. The number of hydrogen-bond acceptors (Lipinski definition) is 11. The molecule has 56 heavy (non-hydrogen) atoms. The van der Waals surface area contributed by atoms with Gasteiger partial charge in [0.05, 0.1) is 36.8 Å². The normalized spacial score (nSPS) is 24.3. The molecule has 3 saturated carbocycles. The maximum Gasteiger partial charge on any atom is 0.307 e. The molecule has 302 valence electrons. The van der Waals surface area contributed by atoms with Crippen molar-refractivity contribution in [2.45, 2.75) is 114 Å². The van der Waals surface area contributed by atoms with Crippen LogP contribution < -0.4 is 14.2 Å². The van der Waals surface area contributed by atoms with Crippen LogP contribution >= 0.6 is 0 Å². The Balaban J connectivity index is 1.27. The minimum Gasteiger partial charge on any atom is -0.497 e. The zero-order valence-electron chi connectivity index (χ0n) is 32.7. The van der Waals surface area contributed by atoms with Gasteiger partial charge in [0.1, 0.15) is 17.5 Å². The third kappa shape index (κ3) is 9.67. The molecule has 1 aromatic carbocycles. The van der Waals surface area contributed by atoms with E-state index in [-0.39, 0.29) is 50.9 Å². The summed E-state index contributed by atoms with van der Waals surface area (Å²) in [6, 6.07) is 6.16. The Morgan fingerprint density at radius 3 is 2.48 bits per heavy atom. The van der Waals surface area contributed by atoms with E-state index in [0.29, 0.717) is 35.8 Å². The van der Waals surface area contributed by atoms with E-state index in [4.69, 9.17) is 14.2 Å². The second kappa shape index (κ2) is 16.5. The lowest BCUT2D eigenvalue weighted by molar-refractivity contribution is -0.159. The molecule has 0 spiro atoms. The first-order valence-electron chi connectivity index (χ1n) is 19.6. The number of allylic oxidation sites excluding steroid dienone is 3. The second-order valence-corrected chi connectivity index (χ2v) is 18.7. The van der Waals surface area contributed by atoms with Crippen molar-refractivity contribution in [1.29, 1.82) is 0 Å². The number of carbonyl (C=O) groups excluding carboxylic acids is 5. The van der Waals surface area contributed by atoms with Gasteiger partial charge < -0.3 is 19.1 Å². The average molecular weight is 792 g/mol. The number of rotatable bonds is 18. The van der Waals surface area contributed by atoms with E-state index in [0.717, 1.165) is 24.6 Å². The summed E-state index contributed by atoms with van der Waals surface area (Å²) < 4.78 is 45.1. The number of Topliss-reactive ketones (excluding diaryl/α,β-unsaturated/α-hetero) is 1. The number of esters is 1. The van der Waals surface area contributed by atoms with E-state index in [9.17, 15) is 32.4 Å². The Morgan fingerprint density at radius 1 is 1.11 bits per heavy atom. The van der Waals surface area contributed by atoms with Gasteiger partial charge in [-0.25, -0.2) is 13.4 Å². The van der Waals surface area contributed by atoms with Gasteiger partial charge in [-0.3, -0.25) is 28.7 Å². The zero-order valence-corrected chi connectivity index (χ0v) is 33.5. The molecular formula is C42H53N3O10S. The molecule has 1 saturated heterocycles. The minimum absolute atomic E-state index is 0.0119. The number of hydrogen-bond donors (Lipinski definition) is 1. The lowest BCUT2D eigenvalue weighted by Gasteiger charge is -2.29. The van der Waals surface area contributed by atoms with Gasteiger partial charge in [0, 0.05) is 36.8 Å². The lowest BCUT2D eigenvalue weighted by atomic mass is 9.85. The number of benzene rings is 1. The highest BCUT2D eigenvalue weighted by molar-refractivity contribution is 7.90. The Labute approximate surface area is 328 Å². The number of pyridine rings is 1. The maximum absolute atomic E-state index is 14.7. The van der Waals surface area contributed by atoms with Crippen LogP contribution in [-0.2, 0) is 38.7 Å². The van der Waals surface area contributed by atoms with Crippen LogP contribution in [0.3, 0.4) is 0 Å². The molecule has 4 fully saturated rings. The summed E-state index contributed by atoms with van der Waals surface area (Å²) in [6.07, 6.45) is 9.71. The third-order valence-electron chi connectivity index (χ3n) is 11.3. The molecule has 0 bridgehead atoms. The van der Waals surface area contributed by atoms with Gasteiger partial charge in [-0.15, -0.1) is 6.58 Å². The van der Waals surface area contributed by atoms with Crippen LogP contribution in [0.4, 0.5) is 0 Å². The maximum atomic E-state index is 14.7. The van der Waals surface area contributed by atoms with E-state index in [2.05, 4.69) is 16.3 Å². The van der Waals surface area contributed by atoms with Crippen molar-refractivity contribution in [3.63, 3.8) is 0 Å². The number of carbonyl (C=O) groups is 5. The number of ketones is 2. The molecule has 0 unspecified atom stereocenters. The van der Waals surface area contributed by atoms with E-state index >= 15 is 0 Å². The van der Waals surface area contributed by atoms with Crippen molar-refractivity contribution in [2.75, 3.05) is 13.7 Å². The summed E-state index contributed by atoms with van der Waals surface area (Å²) in [4.78, 5) is 74.7. The summed E-state index contributed by atoms with van der Waals surface area (Å²) in [7, 11) is -2.32. The molecule has 1 aliphatic heterocycles. The fourth-order valence-electron chi connectivity index (χ4n) is 7.65. The van der Waals surface area contributed by atoms with E-state index in [1.807, 2.05) is 24.3 Å². The van der Waals surface area contributed by atoms with Crippen LogP contribution in [0.1, 0.15) is 91.4 Å². The van der Waals surface area contributed by atoms with Crippen molar-refractivity contribution < 1.29 is 46.6 Å². The van der Waals surface area contributed by atoms with Crippen LogP contribution in [0, 0.1) is 23.2 Å². The summed E-state index contributed by atoms with van der Waals surface area (Å²) in [6.45, 7) is 8.94.